The summed E-state index contributed by atoms with van der Waals surface area (Å²) in [6.07, 6.45) is 1.82. The summed E-state index contributed by atoms with van der Waals surface area (Å²) in [6, 6.07) is 7.99. The van der Waals surface area contributed by atoms with Crippen molar-refractivity contribution in [3.63, 3.8) is 0 Å². The molecular weight excluding hydrogens is 246 g/mol. The zero-order valence-electron chi connectivity index (χ0n) is 9.98. The number of aromatic nitrogens is 1. The molecule has 1 aromatic carbocycles. The minimum Gasteiger partial charge on any atom is -0.349 e. The Labute approximate surface area is 109 Å². The van der Waals surface area contributed by atoms with Gasteiger partial charge in [-0.15, -0.1) is 11.3 Å². The molecule has 1 saturated carbocycles. The molecule has 5 heteroatoms. The van der Waals surface area contributed by atoms with Gasteiger partial charge in [-0.2, -0.15) is 0 Å². The molecule has 1 fully saturated rings. The first-order valence-corrected chi connectivity index (χ1v) is 6.88. The first kappa shape index (κ1) is 11.6. The number of benzene rings is 1. The van der Waals surface area contributed by atoms with Gasteiger partial charge < -0.3 is 11.1 Å². The zero-order chi connectivity index (χ0) is 12.6. The molecule has 0 saturated heterocycles. The molecule has 18 heavy (non-hydrogen) atoms. The van der Waals surface area contributed by atoms with Crippen LogP contribution in [-0.4, -0.2) is 17.4 Å². The second kappa shape index (κ2) is 4.33. The number of hydrogen-bond donors (Lipinski definition) is 2. The van der Waals surface area contributed by atoms with Gasteiger partial charge in [0.25, 0.3) is 0 Å². The molecule has 0 unspecified atom stereocenters. The largest absolute Gasteiger partial charge is 0.349 e. The molecule has 1 aliphatic carbocycles. The summed E-state index contributed by atoms with van der Waals surface area (Å²) in [5.41, 5.74) is 6.34. The molecule has 0 atom stereocenters. The lowest BCUT2D eigenvalue weighted by Crippen LogP contribution is -2.36. The number of carbonyl (C=O) groups excluding carboxylic acids is 1. The maximum atomic E-state index is 11.9. The van der Waals surface area contributed by atoms with E-state index in [-0.39, 0.29) is 11.3 Å². The van der Waals surface area contributed by atoms with Crippen LogP contribution in [0.2, 0.25) is 0 Å². The van der Waals surface area contributed by atoms with Gasteiger partial charge in [0.1, 0.15) is 5.01 Å². The molecular formula is C13H15N3OS. The van der Waals surface area contributed by atoms with Crippen LogP contribution in [0.4, 0.5) is 0 Å². The van der Waals surface area contributed by atoms with Crippen LogP contribution in [0.3, 0.4) is 0 Å². The predicted octanol–water partition coefficient (Wildman–Crippen LogP) is 1.65. The first-order chi connectivity index (χ1) is 8.73. The minimum atomic E-state index is -0.281. The van der Waals surface area contributed by atoms with E-state index < -0.39 is 0 Å². The van der Waals surface area contributed by atoms with Gasteiger partial charge in [0, 0.05) is 6.54 Å². The van der Waals surface area contributed by atoms with Crippen molar-refractivity contribution < 1.29 is 4.79 Å². The summed E-state index contributed by atoms with van der Waals surface area (Å²) >= 11 is 1.62. The number of amides is 1. The minimum absolute atomic E-state index is 0.0734. The second-order valence-corrected chi connectivity index (χ2v) is 5.86. The summed E-state index contributed by atoms with van der Waals surface area (Å²) in [5, 5.41) is 3.88. The predicted molar refractivity (Wildman–Crippen MR) is 72.2 cm³/mol. The van der Waals surface area contributed by atoms with Gasteiger partial charge in [0.2, 0.25) is 5.91 Å². The Morgan fingerprint density at radius 1 is 1.44 bits per heavy atom. The molecule has 1 heterocycles. The topological polar surface area (TPSA) is 68.0 Å². The van der Waals surface area contributed by atoms with Gasteiger partial charge >= 0.3 is 0 Å². The molecule has 0 radical (unpaired) electrons. The number of nitrogens with two attached hydrogens (primary N) is 1. The Kier molecular flexibility index (Phi) is 2.80. The lowest BCUT2D eigenvalue weighted by molar-refractivity contribution is -0.126. The first-order valence-electron chi connectivity index (χ1n) is 6.06. The van der Waals surface area contributed by atoms with E-state index in [2.05, 4.69) is 10.3 Å². The van der Waals surface area contributed by atoms with Crippen molar-refractivity contribution in [2.45, 2.75) is 19.4 Å². The molecule has 3 rings (SSSR count). The van der Waals surface area contributed by atoms with E-state index in [4.69, 9.17) is 5.73 Å². The van der Waals surface area contributed by atoms with Crippen LogP contribution in [0, 0.1) is 5.41 Å². The molecule has 4 nitrogen and oxygen atoms in total. The van der Waals surface area contributed by atoms with E-state index in [1.165, 1.54) is 0 Å². The van der Waals surface area contributed by atoms with Crippen LogP contribution in [0.5, 0.6) is 0 Å². The molecule has 0 aliphatic heterocycles. The van der Waals surface area contributed by atoms with Crippen LogP contribution in [0.15, 0.2) is 24.3 Å². The molecule has 1 aliphatic rings. The Balaban J connectivity index is 1.68. The number of nitrogens with one attached hydrogen (secondary N) is 1. The van der Waals surface area contributed by atoms with Gasteiger partial charge in [-0.05, 0) is 25.0 Å². The third kappa shape index (κ3) is 2.00. The Bertz CT molecular complexity index is 556. The normalized spacial score (nSPS) is 16.7. The van der Waals surface area contributed by atoms with Crippen LogP contribution in [0.25, 0.3) is 10.2 Å². The molecule has 94 valence electrons. The fraction of sp³-hybridized carbons (Fsp3) is 0.385. The number of nitrogens with zero attached hydrogens (tertiary/aromatic N) is 1. The molecule has 1 aromatic heterocycles. The number of para-hydroxylation sites is 1. The Morgan fingerprint density at radius 3 is 2.89 bits per heavy atom. The number of fused-ring (bicyclic) bond motifs is 1. The van der Waals surface area contributed by atoms with Crippen molar-refractivity contribution in [3.8, 4) is 0 Å². The maximum Gasteiger partial charge on any atom is 0.227 e. The summed E-state index contributed by atoms with van der Waals surface area (Å²) in [4.78, 5) is 16.4. The van der Waals surface area contributed by atoms with E-state index in [0.29, 0.717) is 13.1 Å². The third-order valence-corrected chi connectivity index (χ3v) is 4.50. The second-order valence-electron chi connectivity index (χ2n) is 4.74. The van der Waals surface area contributed by atoms with Crippen molar-refractivity contribution in [1.29, 1.82) is 0 Å². The number of carbonyl (C=O) groups is 1. The van der Waals surface area contributed by atoms with Crippen molar-refractivity contribution in [2.24, 2.45) is 11.1 Å². The molecule has 0 bridgehead atoms. The van der Waals surface area contributed by atoms with E-state index in [1.807, 2.05) is 24.3 Å². The van der Waals surface area contributed by atoms with Gasteiger partial charge in [0.05, 0.1) is 22.2 Å². The summed E-state index contributed by atoms with van der Waals surface area (Å²) in [5.74, 6) is 0.0734. The highest BCUT2D eigenvalue weighted by molar-refractivity contribution is 7.18. The number of hydrogen-bond acceptors (Lipinski definition) is 4. The monoisotopic (exact) mass is 261 g/mol. The summed E-state index contributed by atoms with van der Waals surface area (Å²) in [7, 11) is 0. The van der Waals surface area contributed by atoms with E-state index >= 15 is 0 Å². The smallest absolute Gasteiger partial charge is 0.227 e. The van der Waals surface area contributed by atoms with Crippen molar-refractivity contribution in [2.75, 3.05) is 6.54 Å². The van der Waals surface area contributed by atoms with Crippen LogP contribution in [-0.2, 0) is 11.3 Å². The quantitative estimate of drug-likeness (QED) is 0.879. The zero-order valence-corrected chi connectivity index (χ0v) is 10.8. The highest BCUT2D eigenvalue weighted by Crippen LogP contribution is 2.44. The van der Waals surface area contributed by atoms with E-state index in [9.17, 15) is 4.79 Å². The Morgan fingerprint density at radius 2 is 2.22 bits per heavy atom. The van der Waals surface area contributed by atoms with Gasteiger partial charge in [-0.1, -0.05) is 12.1 Å². The third-order valence-electron chi connectivity index (χ3n) is 3.46. The fourth-order valence-electron chi connectivity index (χ4n) is 2.01. The highest BCUT2D eigenvalue weighted by Gasteiger charge is 2.48. The molecule has 1 amide bonds. The van der Waals surface area contributed by atoms with Gasteiger partial charge in [-0.25, -0.2) is 4.98 Å². The molecule has 0 spiro atoms. The Hall–Kier alpha value is -1.46. The maximum absolute atomic E-state index is 11.9. The van der Waals surface area contributed by atoms with Crippen molar-refractivity contribution >= 4 is 27.5 Å². The van der Waals surface area contributed by atoms with E-state index in [0.717, 1.165) is 28.1 Å². The summed E-state index contributed by atoms with van der Waals surface area (Å²) in [6.45, 7) is 0.943. The van der Waals surface area contributed by atoms with E-state index in [1.54, 1.807) is 11.3 Å². The number of thiazole rings is 1. The standard InChI is InChI=1S/C13H15N3OS/c14-8-13(5-6-13)12(17)15-7-11-16-9-3-1-2-4-10(9)18-11/h1-4H,5-8,14H2,(H,15,17). The SMILES string of the molecule is NCC1(C(=O)NCc2nc3ccccc3s2)CC1. The fourth-order valence-corrected chi connectivity index (χ4v) is 2.92. The van der Waals surface area contributed by atoms with Crippen LogP contribution >= 0.6 is 11.3 Å². The van der Waals surface area contributed by atoms with Crippen LogP contribution in [0.1, 0.15) is 17.8 Å². The lowest BCUT2D eigenvalue weighted by atomic mass is 10.1. The van der Waals surface area contributed by atoms with Crippen molar-refractivity contribution in [1.82, 2.24) is 10.3 Å². The lowest BCUT2D eigenvalue weighted by Gasteiger charge is -2.11. The van der Waals surface area contributed by atoms with Gasteiger partial charge in [0.15, 0.2) is 0 Å². The summed E-state index contributed by atoms with van der Waals surface area (Å²) < 4.78 is 1.15. The number of rotatable bonds is 4. The van der Waals surface area contributed by atoms with Crippen LogP contribution < -0.4 is 11.1 Å². The van der Waals surface area contributed by atoms with Crippen molar-refractivity contribution in [3.05, 3.63) is 29.3 Å². The molecule has 2 aromatic rings. The average molecular weight is 261 g/mol. The molecule has 3 N–H and O–H groups in total. The average Bonchev–Trinajstić information content (AvgIpc) is 3.09. The highest BCUT2D eigenvalue weighted by atomic mass is 32.1. The van der Waals surface area contributed by atoms with Gasteiger partial charge in [-0.3, -0.25) is 4.79 Å².